The number of ether oxygens (including phenoxy) is 1. The molecular weight excluding hydrogens is 682 g/mol. The van der Waals surface area contributed by atoms with E-state index < -0.39 is 15.6 Å². The molecule has 11 nitrogen and oxygen atoms in total. The van der Waals surface area contributed by atoms with Gasteiger partial charge in [-0.05, 0) is 82.6 Å². The number of pyridine rings is 2. The van der Waals surface area contributed by atoms with Crippen LogP contribution in [0.15, 0.2) is 96.4 Å². The first-order valence-corrected chi connectivity index (χ1v) is 18.5. The molecule has 1 saturated heterocycles. The van der Waals surface area contributed by atoms with Crippen molar-refractivity contribution in [2.24, 2.45) is 0 Å². The molecule has 5 heterocycles. The zero-order chi connectivity index (χ0) is 36.8. The Morgan fingerprint density at radius 2 is 1.60 bits per heavy atom. The van der Waals surface area contributed by atoms with E-state index in [9.17, 15) is 17.6 Å². The Morgan fingerprint density at radius 1 is 0.865 bits per heavy atom. The molecular formula is C39H40FN7O4S. The Kier molecular flexibility index (Phi) is 9.07. The van der Waals surface area contributed by atoms with Gasteiger partial charge >= 0.3 is 6.09 Å². The zero-order valence-electron chi connectivity index (χ0n) is 29.7. The van der Waals surface area contributed by atoms with E-state index in [1.807, 2.05) is 58.9 Å². The molecule has 4 aromatic heterocycles. The minimum atomic E-state index is -4.01. The fourth-order valence-corrected chi connectivity index (χ4v) is 7.65. The van der Waals surface area contributed by atoms with Crippen molar-refractivity contribution in [3.63, 3.8) is 0 Å². The second kappa shape index (κ2) is 13.5. The third-order valence-electron chi connectivity index (χ3n) is 9.14. The van der Waals surface area contributed by atoms with E-state index in [0.717, 1.165) is 39.3 Å². The maximum atomic E-state index is 14.1. The van der Waals surface area contributed by atoms with Crippen LogP contribution in [0.3, 0.4) is 0 Å². The molecule has 0 aliphatic carbocycles. The van der Waals surface area contributed by atoms with Crippen molar-refractivity contribution >= 4 is 33.0 Å². The number of piperazine rings is 1. The Hall–Kier alpha value is -5.56. The van der Waals surface area contributed by atoms with Gasteiger partial charge in [-0.3, -0.25) is 4.68 Å². The number of fused-ring (bicyclic) bond motifs is 1. The van der Waals surface area contributed by atoms with Crippen LogP contribution in [0.4, 0.5) is 15.0 Å². The van der Waals surface area contributed by atoms with Gasteiger partial charge in [0, 0.05) is 78.1 Å². The molecule has 6 aromatic rings. The minimum Gasteiger partial charge on any atom is -0.444 e. The number of hydrogen-bond donors (Lipinski definition) is 0. The number of halogens is 1. The van der Waals surface area contributed by atoms with Crippen molar-refractivity contribution in [2.75, 3.05) is 31.1 Å². The highest BCUT2D eigenvalue weighted by Gasteiger charge is 2.27. The van der Waals surface area contributed by atoms with Crippen molar-refractivity contribution in [1.82, 2.24) is 28.6 Å². The summed E-state index contributed by atoms with van der Waals surface area (Å²) in [6.07, 6.45) is 6.43. The number of amides is 1. The van der Waals surface area contributed by atoms with Gasteiger partial charge in [0.25, 0.3) is 10.0 Å². The summed E-state index contributed by atoms with van der Waals surface area (Å²) in [7, 11) is -4.01. The molecule has 0 bridgehead atoms. The Balaban J connectivity index is 1.22. The van der Waals surface area contributed by atoms with E-state index in [-0.39, 0.29) is 22.5 Å². The Labute approximate surface area is 302 Å². The molecule has 13 heteroatoms. The second-order valence-electron chi connectivity index (χ2n) is 14.0. The number of nitrogens with zero attached hydrogens (tertiary/aromatic N) is 7. The summed E-state index contributed by atoms with van der Waals surface area (Å²) in [5, 5.41) is 5.23. The second-order valence-corrected chi connectivity index (χ2v) is 15.9. The van der Waals surface area contributed by atoms with Crippen LogP contribution in [-0.2, 0) is 21.3 Å². The van der Waals surface area contributed by atoms with Crippen molar-refractivity contribution < 1.29 is 22.3 Å². The lowest BCUT2D eigenvalue weighted by Gasteiger charge is -2.36. The third-order valence-corrected chi connectivity index (χ3v) is 10.8. The SMILES string of the molecule is Cc1ccc(S(=O)(=O)n2cc(-c3cnn(Cc4cccc(F)c4)c3C)c3cc(-c4ccc(N5CCN(C(=O)OC(C)(C)C)CC5)nc4)cnc32)cc1. The average molecular weight is 722 g/mol. The van der Waals surface area contributed by atoms with Gasteiger partial charge in [0.1, 0.15) is 17.2 Å². The number of aromatic nitrogens is 5. The van der Waals surface area contributed by atoms with Crippen LogP contribution in [0.5, 0.6) is 0 Å². The lowest BCUT2D eigenvalue weighted by atomic mass is 10.0. The predicted molar refractivity (Wildman–Crippen MR) is 198 cm³/mol. The average Bonchev–Trinajstić information content (AvgIpc) is 3.67. The van der Waals surface area contributed by atoms with Gasteiger partial charge in [-0.2, -0.15) is 5.10 Å². The number of aryl methyl sites for hydroxylation is 1. The van der Waals surface area contributed by atoms with Crippen LogP contribution in [0.1, 0.15) is 37.6 Å². The maximum absolute atomic E-state index is 14.1. The molecule has 0 atom stereocenters. The van der Waals surface area contributed by atoms with Gasteiger partial charge < -0.3 is 14.5 Å². The van der Waals surface area contributed by atoms with Gasteiger partial charge in [-0.1, -0.05) is 29.8 Å². The van der Waals surface area contributed by atoms with E-state index in [1.54, 1.807) is 64.7 Å². The summed E-state index contributed by atoms with van der Waals surface area (Å²) in [5.74, 6) is 0.466. The summed E-state index contributed by atoms with van der Waals surface area (Å²) < 4.78 is 50.6. The highest BCUT2D eigenvalue weighted by Crippen LogP contribution is 2.36. The van der Waals surface area contributed by atoms with E-state index in [2.05, 4.69) is 10.00 Å². The van der Waals surface area contributed by atoms with Gasteiger partial charge in [0.15, 0.2) is 5.65 Å². The lowest BCUT2D eigenvalue weighted by Crippen LogP contribution is -2.50. The Morgan fingerprint density at radius 3 is 2.27 bits per heavy atom. The number of benzene rings is 2. The molecule has 1 aliphatic rings. The van der Waals surface area contributed by atoms with Crippen LogP contribution in [0.25, 0.3) is 33.3 Å². The molecule has 7 rings (SSSR count). The molecule has 0 N–H and O–H groups in total. The molecule has 52 heavy (non-hydrogen) atoms. The smallest absolute Gasteiger partial charge is 0.410 e. The normalized spacial score (nSPS) is 13.9. The molecule has 268 valence electrons. The maximum Gasteiger partial charge on any atom is 0.410 e. The monoisotopic (exact) mass is 721 g/mol. The number of hydrogen-bond acceptors (Lipinski definition) is 8. The number of carbonyl (C=O) groups is 1. The standard InChI is InChI=1S/C39H40FN7O4S/c1-26-9-12-32(13-10-26)52(49,50)47-25-35(34-23-43-46(27(34)2)24-28-7-6-8-31(40)19-28)33-20-30(22-42-37(33)47)29-11-14-36(41-21-29)44-15-17-45(18-16-44)38(48)51-39(3,4)5/h6-14,19-23,25H,15-18,24H2,1-5H3. The summed E-state index contributed by atoms with van der Waals surface area (Å²) in [6, 6.07) is 18.9. The zero-order valence-corrected chi connectivity index (χ0v) is 30.6. The molecule has 0 unspecified atom stereocenters. The molecule has 0 radical (unpaired) electrons. The first kappa shape index (κ1) is 34.9. The number of carbonyl (C=O) groups excluding carboxylic acids is 1. The van der Waals surface area contributed by atoms with E-state index >= 15 is 0 Å². The summed E-state index contributed by atoms with van der Waals surface area (Å²) in [6.45, 7) is 12.0. The summed E-state index contributed by atoms with van der Waals surface area (Å²) in [4.78, 5) is 26.0. The van der Waals surface area contributed by atoms with Crippen LogP contribution in [0.2, 0.25) is 0 Å². The highest BCUT2D eigenvalue weighted by atomic mass is 32.2. The molecule has 1 amide bonds. The van der Waals surface area contributed by atoms with E-state index in [4.69, 9.17) is 14.7 Å². The summed E-state index contributed by atoms with van der Waals surface area (Å²) >= 11 is 0. The van der Waals surface area contributed by atoms with Crippen molar-refractivity contribution in [1.29, 1.82) is 0 Å². The molecule has 2 aromatic carbocycles. The quantitative estimate of drug-likeness (QED) is 0.172. The first-order chi connectivity index (χ1) is 24.8. The first-order valence-electron chi connectivity index (χ1n) is 17.1. The third kappa shape index (κ3) is 7.00. The number of rotatable bonds is 7. The Bertz CT molecular complexity index is 2370. The van der Waals surface area contributed by atoms with Crippen molar-refractivity contribution in [2.45, 2.75) is 51.7 Å². The van der Waals surface area contributed by atoms with Crippen LogP contribution >= 0.6 is 0 Å². The van der Waals surface area contributed by atoms with E-state index in [1.165, 1.54) is 16.1 Å². The minimum absolute atomic E-state index is 0.151. The van der Waals surface area contributed by atoms with Crippen LogP contribution < -0.4 is 4.90 Å². The van der Waals surface area contributed by atoms with Gasteiger partial charge in [0.05, 0.1) is 17.6 Å². The molecule has 0 saturated carbocycles. The van der Waals surface area contributed by atoms with Gasteiger partial charge in [0.2, 0.25) is 0 Å². The number of anilines is 1. The fraction of sp³-hybridized carbons (Fsp3) is 0.282. The largest absolute Gasteiger partial charge is 0.444 e. The predicted octanol–water partition coefficient (Wildman–Crippen LogP) is 7.06. The molecule has 1 aliphatic heterocycles. The van der Waals surface area contributed by atoms with Crippen molar-refractivity contribution in [3.05, 3.63) is 114 Å². The van der Waals surface area contributed by atoms with E-state index in [0.29, 0.717) is 43.7 Å². The highest BCUT2D eigenvalue weighted by molar-refractivity contribution is 7.90. The molecule has 1 fully saturated rings. The van der Waals surface area contributed by atoms with Gasteiger partial charge in [-0.15, -0.1) is 0 Å². The summed E-state index contributed by atoms with van der Waals surface area (Å²) in [5.41, 5.74) is 5.18. The van der Waals surface area contributed by atoms with Crippen LogP contribution in [0, 0.1) is 19.7 Å². The van der Waals surface area contributed by atoms with Crippen LogP contribution in [-0.4, -0.2) is 74.9 Å². The topological polar surface area (TPSA) is 115 Å². The van der Waals surface area contributed by atoms with Gasteiger partial charge in [-0.25, -0.2) is 31.5 Å². The molecule has 0 spiro atoms. The van der Waals surface area contributed by atoms with Crippen molar-refractivity contribution in [3.8, 4) is 22.3 Å². The lowest BCUT2D eigenvalue weighted by molar-refractivity contribution is 0.0240. The fourth-order valence-electron chi connectivity index (χ4n) is 6.33.